The fraction of sp³-hybridized carbons (Fsp3) is 0.364. The number of urea groups is 1. The first kappa shape index (κ1) is 20.7. The third-order valence-corrected chi connectivity index (χ3v) is 4.98. The lowest BCUT2D eigenvalue weighted by Gasteiger charge is -2.35. The third kappa shape index (κ3) is 5.96. The number of anilines is 1. The van der Waals surface area contributed by atoms with E-state index in [1.165, 1.54) is 5.56 Å². The Morgan fingerprint density at radius 2 is 1.76 bits per heavy atom. The van der Waals surface area contributed by atoms with Crippen LogP contribution in [0.1, 0.15) is 12.5 Å². The van der Waals surface area contributed by atoms with Crippen LogP contribution < -0.4 is 15.4 Å². The first-order valence-electron chi connectivity index (χ1n) is 9.82. The van der Waals surface area contributed by atoms with Gasteiger partial charge in [-0.25, -0.2) is 4.79 Å². The average molecular weight is 396 g/mol. The number of carbonyl (C=O) groups is 2. The van der Waals surface area contributed by atoms with Crippen LogP contribution in [0.15, 0.2) is 54.6 Å². The van der Waals surface area contributed by atoms with Crippen LogP contribution in [0.25, 0.3) is 0 Å². The van der Waals surface area contributed by atoms with Crippen LogP contribution in [0, 0.1) is 0 Å². The van der Waals surface area contributed by atoms with Gasteiger partial charge in [0, 0.05) is 44.5 Å². The van der Waals surface area contributed by atoms with Gasteiger partial charge >= 0.3 is 6.03 Å². The van der Waals surface area contributed by atoms with E-state index in [1.807, 2.05) is 18.2 Å². The van der Waals surface area contributed by atoms with Crippen molar-refractivity contribution in [1.29, 1.82) is 0 Å². The average Bonchev–Trinajstić information content (AvgIpc) is 2.75. The second-order valence-electron chi connectivity index (χ2n) is 7.14. The third-order valence-electron chi connectivity index (χ3n) is 4.98. The fourth-order valence-corrected chi connectivity index (χ4v) is 3.24. The summed E-state index contributed by atoms with van der Waals surface area (Å²) in [7, 11) is 1.57. The van der Waals surface area contributed by atoms with E-state index in [9.17, 15) is 9.59 Å². The van der Waals surface area contributed by atoms with Crippen LogP contribution in [-0.2, 0) is 11.3 Å². The zero-order chi connectivity index (χ0) is 20.6. The van der Waals surface area contributed by atoms with Crippen LogP contribution >= 0.6 is 0 Å². The quantitative estimate of drug-likeness (QED) is 0.787. The van der Waals surface area contributed by atoms with Crippen molar-refractivity contribution in [3.8, 4) is 5.75 Å². The van der Waals surface area contributed by atoms with Crippen LogP contribution in [-0.4, -0.2) is 61.1 Å². The summed E-state index contributed by atoms with van der Waals surface area (Å²) in [5.74, 6) is 0.391. The van der Waals surface area contributed by atoms with E-state index < -0.39 is 6.04 Å². The molecule has 0 spiro atoms. The minimum absolute atomic E-state index is 0.211. The van der Waals surface area contributed by atoms with Gasteiger partial charge in [0.25, 0.3) is 0 Å². The molecule has 1 atom stereocenters. The number of amides is 3. The van der Waals surface area contributed by atoms with Gasteiger partial charge in [0.05, 0.1) is 7.11 Å². The molecule has 2 aromatic rings. The lowest BCUT2D eigenvalue weighted by Crippen LogP contribution is -2.54. The van der Waals surface area contributed by atoms with Gasteiger partial charge in [0.1, 0.15) is 11.8 Å². The molecule has 1 saturated heterocycles. The molecule has 7 nitrogen and oxygen atoms in total. The van der Waals surface area contributed by atoms with Crippen molar-refractivity contribution >= 4 is 17.6 Å². The first-order chi connectivity index (χ1) is 14.0. The van der Waals surface area contributed by atoms with E-state index in [0.29, 0.717) is 24.5 Å². The Labute approximate surface area is 171 Å². The summed E-state index contributed by atoms with van der Waals surface area (Å²) in [6.07, 6.45) is 0. The van der Waals surface area contributed by atoms with E-state index in [-0.39, 0.29) is 11.9 Å². The molecule has 29 heavy (non-hydrogen) atoms. The molecule has 2 N–H and O–H groups in total. The van der Waals surface area contributed by atoms with E-state index in [0.717, 1.165) is 19.6 Å². The lowest BCUT2D eigenvalue weighted by atomic mass is 10.2. The minimum Gasteiger partial charge on any atom is -0.497 e. The number of carbonyl (C=O) groups excluding carboxylic acids is 2. The lowest BCUT2D eigenvalue weighted by molar-refractivity contribution is -0.117. The van der Waals surface area contributed by atoms with Crippen LogP contribution in [0.4, 0.5) is 10.5 Å². The molecule has 1 aliphatic rings. The number of benzene rings is 2. The largest absolute Gasteiger partial charge is 0.497 e. The number of ether oxygens (including phenoxy) is 1. The van der Waals surface area contributed by atoms with E-state index in [4.69, 9.17) is 4.74 Å². The fourth-order valence-electron chi connectivity index (χ4n) is 3.24. The van der Waals surface area contributed by atoms with Crippen LogP contribution in [0.2, 0.25) is 0 Å². The molecule has 1 heterocycles. The Kier molecular flexibility index (Phi) is 7.08. The van der Waals surface area contributed by atoms with Crippen molar-refractivity contribution in [3.05, 3.63) is 60.2 Å². The van der Waals surface area contributed by atoms with Crippen molar-refractivity contribution < 1.29 is 14.3 Å². The first-order valence-corrected chi connectivity index (χ1v) is 9.82. The van der Waals surface area contributed by atoms with Crippen molar-refractivity contribution in [2.24, 2.45) is 0 Å². The molecule has 3 amide bonds. The molecular formula is C22H28N4O3. The monoisotopic (exact) mass is 396 g/mol. The molecule has 1 fully saturated rings. The van der Waals surface area contributed by atoms with Crippen LogP contribution in [0.3, 0.4) is 0 Å². The molecule has 7 heteroatoms. The van der Waals surface area contributed by atoms with Crippen molar-refractivity contribution in [2.75, 3.05) is 38.6 Å². The molecular weight excluding hydrogens is 368 g/mol. The van der Waals surface area contributed by atoms with Crippen LogP contribution in [0.5, 0.6) is 5.75 Å². The summed E-state index contributed by atoms with van der Waals surface area (Å²) < 4.78 is 5.16. The van der Waals surface area contributed by atoms with Gasteiger partial charge in [-0.05, 0) is 24.6 Å². The maximum absolute atomic E-state index is 12.5. The van der Waals surface area contributed by atoms with Gasteiger partial charge in [-0.3, -0.25) is 9.69 Å². The number of methoxy groups -OCH3 is 1. The highest BCUT2D eigenvalue weighted by Crippen LogP contribution is 2.17. The molecule has 0 saturated carbocycles. The number of nitrogens with one attached hydrogen (secondary N) is 2. The zero-order valence-electron chi connectivity index (χ0n) is 16.9. The number of hydrogen-bond donors (Lipinski definition) is 2. The summed E-state index contributed by atoms with van der Waals surface area (Å²) in [5, 5.41) is 5.59. The summed E-state index contributed by atoms with van der Waals surface area (Å²) >= 11 is 0. The topological polar surface area (TPSA) is 73.9 Å². The predicted octanol–water partition coefficient (Wildman–Crippen LogP) is 2.55. The van der Waals surface area contributed by atoms with Gasteiger partial charge in [-0.1, -0.05) is 36.4 Å². The summed E-state index contributed by atoms with van der Waals surface area (Å²) in [6.45, 7) is 5.47. The smallest absolute Gasteiger partial charge is 0.318 e. The van der Waals surface area contributed by atoms with E-state index in [2.05, 4.69) is 27.7 Å². The maximum atomic E-state index is 12.5. The highest BCUT2D eigenvalue weighted by atomic mass is 16.5. The molecule has 0 unspecified atom stereocenters. The molecule has 154 valence electrons. The summed E-state index contributed by atoms with van der Waals surface area (Å²) in [5.41, 5.74) is 1.90. The van der Waals surface area contributed by atoms with Gasteiger partial charge in [-0.2, -0.15) is 0 Å². The molecule has 0 aromatic heterocycles. The van der Waals surface area contributed by atoms with Gasteiger partial charge in [-0.15, -0.1) is 0 Å². The molecule has 2 aromatic carbocycles. The Balaban J connectivity index is 1.44. The minimum atomic E-state index is -0.643. The molecule has 3 rings (SSSR count). The Bertz CT molecular complexity index is 820. The normalized spacial score (nSPS) is 15.4. The molecule has 0 aliphatic carbocycles. The molecule has 0 radical (unpaired) electrons. The second kappa shape index (κ2) is 9.93. The highest BCUT2D eigenvalue weighted by Gasteiger charge is 2.24. The number of hydrogen-bond acceptors (Lipinski definition) is 4. The van der Waals surface area contributed by atoms with Crippen molar-refractivity contribution in [2.45, 2.75) is 19.5 Å². The number of piperazine rings is 1. The SMILES string of the molecule is COc1cccc(NC(=O)[C@@H](C)NC(=O)N2CCN(Cc3ccccc3)CC2)c1. The second-order valence-corrected chi connectivity index (χ2v) is 7.14. The Morgan fingerprint density at radius 1 is 1.03 bits per heavy atom. The highest BCUT2D eigenvalue weighted by molar-refractivity contribution is 5.96. The van der Waals surface area contributed by atoms with Gasteiger partial charge in [0.15, 0.2) is 0 Å². The molecule has 0 bridgehead atoms. The van der Waals surface area contributed by atoms with Crippen molar-refractivity contribution in [1.82, 2.24) is 15.1 Å². The number of rotatable bonds is 6. The van der Waals surface area contributed by atoms with E-state index >= 15 is 0 Å². The van der Waals surface area contributed by atoms with Gasteiger partial charge in [0.2, 0.25) is 5.91 Å². The Hall–Kier alpha value is -3.06. The zero-order valence-corrected chi connectivity index (χ0v) is 16.9. The summed E-state index contributed by atoms with van der Waals surface area (Å²) in [4.78, 5) is 29.0. The molecule has 1 aliphatic heterocycles. The summed E-state index contributed by atoms with van der Waals surface area (Å²) in [6, 6.07) is 16.6. The number of nitrogens with zero attached hydrogens (tertiary/aromatic N) is 2. The van der Waals surface area contributed by atoms with E-state index in [1.54, 1.807) is 43.2 Å². The van der Waals surface area contributed by atoms with Gasteiger partial charge < -0.3 is 20.3 Å². The standard InChI is InChI=1S/C22H28N4O3/c1-17(21(27)24-19-9-6-10-20(15-19)29-2)23-22(28)26-13-11-25(12-14-26)16-18-7-4-3-5-8-18/h3-10,15,17H,11-14,16H2,1-2H3,(H,23,28)(H,24,27)/t17-/m1/s1. The predicted molar refractivity (Wildman–Crippen MR) is 113 cm³/mol. The maximum Gasteiger partial charge on any atom is 0.318 e. The Morgan fingerprint density at radius 3 is 2.45 bits per heavy atom. The van der Waals surface area contributed by atoms with Crippen molar-refractivity contribution in [3.63, 3.8) is 0 Å².